The molecule has 0 fully saturated rings. The molecule has 1 aromatic carbocycles. The molecule has 4 nitrogen and oxygen atoms in total. The molecular weight excluding hydrogens is 250 g/mol. The number of rotatable bonds is 4. The van der Waals surface area contributed by atoms with E-state index in [1.807, 2.05) is 13.0 Å². The third-order valence-corrected chi connectivity index (χ3v) is 4.59. The standard InChI is InChI=1S/C13H21NO3S/c1-10-6-7-12(11(2)8-10)18(16,17)14(5)9-13(3,4)15/h6-8,15H,9H2,1-5H3. The van der Waals surface area contributed by atoms with Gasteiger partial charge in [-0.1, -0.05) is 17.7 Å². The first-order valence-electron chi connectivity index (χ1n) is 5.80. The van der Waals surface area contributed by atoms with Crippen molar-refractivity contribution < 1.29 is 13.5 Å². The monoisotopic (exact) mass is 271 g/mol. The molecule has 1 N–H and O–H groups in total. The molecule has 1 rings (SSSR count). The molecule has 18 heavy (non-hydrogen) atoms. The van der Waals surface area contributed by atoms with Crippen LogP contribution in [0, 0.1) is 13.8 Å². The van der Waals surface area contributed by atoms with Crippen LogP contribution in [0.2, 0.25) is 0 Å². The van der Waals surface area contributed by atoms with Gasteiger partial charge in [0.1, 0.15) is 0 Å². The fraction of sp³-hybridized carbons (Fsp3) is 0.538. The molecule has 0 radical (unpaired) electrons. The van der Waals surface area contributed by atoms with Gasteiger partial charge in [-0.25, -0.2) is 8.42 Å². The van der Waals surface area contributed by atoms with Crippen molar-refractivity contribution in [2.24, 2.45) is 0 Å². The van der Waals surface area contributed by atoms with Gasteiger partial charge in [0.15, 0.2) is 0 Å². The summed E-state index contributed by atoms with van der Waals surface area (Å²) in [6.45, 7) is 6.92. The van der Waals surface area contributed by atoms with Crippen molar-refractivity contribution in [2.45, 2.75) is 38.2 Å². The molecule has 0 aliphatic carbocycles. The lowest BCUT2D eigenvalue weighted by Gasteiger charge is -2.25. The fourth-order valence-electron chi connectivity index (χ4n) is 1.89. The zero-order chi connectivity index (χ0) is 14.1. The normalized spacial score (nSPS) is 13.1. The van der Waals surface area contributed by atoms with Crippen LogP contribution in [0.4, 0.5) is 0 Å². The van der Waals surface area contributed by atoms with Crippen LogP contribution in [0.3, 0.4) is 0 Å². The van der Waals surface area contributed by atoms with Gasteiger partial charge in [-0.2, -0.15) is 4.31 Å². The summed E-state index contributed by atoms with van der Waals surface area (Å²) in [5, 5.41) is 9.71. The number of benzene rings is 1. The van der Waals surface area contributed by atoms with Crippen molar-refractivity contribution in [3.63, 3.8) is 0 Å². The van der Waals surface area contributed by atoms with Crippen LogP contribution >= 0.6 is 0 Å². The van der Waals surface area contributed by atoms with Gasteiger partial charge in [0.2, 0.25) is 10.0 Å². The molecule has 0 aliphatic rings. The van der Waals surface area contributed by atoms with Crippen molar-refractivity contribution in [3.05, 3.63) is 29.3 Å². The molecule has 0 amide bonds. The third kappa shape index (κ3) is 3.54. The lowest BCUT2D eigenvalue weighted by atomic mass is 10.1. The first kappa shape index (κ1) is 15.1. The Labute approximate surface area is 109 Å². The number of hydrogen-bond acceptors (Lipinski definition) is 3. The Morgan fingerprint density at radius 1 is 1.28 bits per heavy atom. The lowest BCUT2D eigenvalue weighted by molar-refractivity contribution is 0.0640. The van der Waals surface area contributed by atoms with Crippen molar-refractivity contribution >= 4 is 10.0 Å². The van der Waals surface area contributed by atoms with E-state index in [4.69, 9.17) is 0 Å². The smallest absolute Gasteiger partial charge is 0.243 e. The molecule has 0 atom stereocenters. The minimum absolute atomic E-state index is 0.0582. The molecule has 1 aromatic rings. The van der Waals surface area contributed by atoms with E-state index in [1.165, 1.54) is 11.4 Å². The highest BCUT2D eigenvalue weighted by Gasteiger charge is 2.27. The molecule has 102 valence electrons. The van der Waals surface area contributed by atoms with Crippen LogP contribution < -0.4 is 0 Å². The second-order valence-electron chi connectivity index (χ2n) is 5.34. The van der Waals surface area contributed by atoms with Gasteiger partial charge < -0.3 is 5.11 Å². The average Bonchev–Trinajstić information content (AvgIpc) is 2.13. The van der Waals surface area contributed by atoms with Gasteiger partial charge in [0.05, 0.1) is 10.5 Å². The number of aliphatic hydroxyl groups is 1. The maximum Gasteiger partial charge on any atom is 0.243 e. The van der Waals surface area contributed by atoms with E-state index in [0.717, 1.165) is 11.1 Å². The zero-order valence-electron chi connectivity index (χ0n) is 11.6. The average molecular weight is 271 g/mol. The molecule has 0 aromatic heterocycles. The van der Waals surface area contributed by atoms with Gasteiger partial charge in [-0.05, 0) is 39.3 Å². The van der Waals surface area contributed by atoms with Crippen LogP contribution in [-0.2, 0) is 10.0 Å². The first-order valence-corrected chi connectivity index (χ1v) is 7.24. The topological polar surface area (TPSA) is 57.6 Å². The van der Waals surface area contributed by atoms with E-state index in [2.05, 4.69) is 0 Å². The number of nitrogens with zero attached hydrogens (tertiary/aromatic N) is 1. The number of aryl methyl sites for hydroxylation is 2. The molecule has 0 unspecified atom stereocenters. The zero-order valence-corrected chi connectivity index (χ0v) is 12.4. The van der Waals surface area contributed by atoms with E-state index in [0.29, 0.717) is 4.90 Å². The summed E-state index contributed by atoms with van der Waals surface area (Å²) < 4.78 is 25.9. The second kappa shape index (κ2) is 4.99. The van der Waals surface area contributed by atoms with Gasteiger partial charge in [0, 0.05) is 13.6 Å². The predicted octanol–water partition coefficient (Wildman–Crippen LogP) is 1.69. The molecular formula is C13H21NO3S. The molecule has 0 saturated carbocycles. The Bertz CT molecular complexity index is 530. The van der Waals surface area contributed by atoms with E-state index in [1.54, 1.807) is 32.9 Å². The highest BCUT2D eigenvalue weighted by atomic mass is 32.2. The quantitative estimate of drug-likeness (QED) is 0.906. The van der Waals surface area contributed by atoms with Gasteiger partial charge >= 0.3 is 0 Å². The Morgan fingerprint density at radius 2 is 1.83 bits per heavy atom. The molecule has 0 spiro atoms. The maximum absolute atomic E-state index is 12.4. The first-order chi connectivity index (χ1) is 8.04. The van der Waals surface area contributed by atoms with Crippen LogP contribution in [0.15, 0.2) is 23.1 Å². The predicted molar refractivity (Wildman–Crippen MR) is 72.0 cm³/mol. The summed E-state index contributed by atoms with van der Waals surface area (Å²) in [7, 11) is -2.07. The van der Waals surface area contributed by atoms with Crippen molar-refractivity contribution in [3.8, 4) is 0 Å². The second-order valence-corrected chi connectivity index (χ2v) is 7.36. The maximum atomic E-state index is 12.4. The number of hydrogen-bond donors (Lipinski definition) is 1. The molecule has 0 saturated heterocycles. The summed E-state index contributed by atoms with van der Waals surface area (Å²) in [6, 6.07) is 5.23. The Morgan fingerprint density at radius 3 is 2.28 bits per heavy atom. The SMILES string of the molecule is Cc1ccc(S(=O)(=O)N(C)CC(C)(C)O)c(C)c1. The third-order valence-electron chi connectivity index (χ3n) is 2.63. The van der Waals surface area contributed by atoms with Crippen LogP contribution in [0.1, 0.15) is 25.0 Å². The van der Waals surface area contributed by atoms with E-state index < -0.39 is 15.6 Å². The molecule has 0 heterocycles. The number of sulfonamides is 1. The van der Waals surface area contributed by atoms with E-state index >= 15 is 0 Å². The minimum atomic E-state index is -3.55. The fourth-order valence-corrected chi connectivity index (χ4v) is 3.41. The largest absolute Gasteiger partial charge is 0.389 e. The molecule has 0 bridgehead atoms. The van der Waals surface area contributed by atoms with E-state index in [-0.39, 0.29) is 6.54 Å². The van der Waals surface area contributed by atoms with Crippen molar-refractivity contribution in [1.29, 1.82) is 0 Å². The number of likely N-dealkylation sites (N-methyl/N-ethyl adjacent to an activating group) is 1. The van der Waals surface area contributed by atoms with Gasteiger partial charge in [-0.3, -0.25) is 0 Å². The van der Waals surface area contributed by atoms with Crippen LogP contribution in [0.25, 0.3) is 0 Å². The molecule has 0 aliphatic heterocycles. The van der Waals surface area contributed by atoms with Crippen molar-refractivity contribution in [1.82, 2.24) is 4.31 Å². The highest BCUT2D eigenvalue weighted by molar-refractivity contribution is 7.89. The van der Waals surface area contributed by atoms with Crippen molar-refractivity contribution in [2.75, 3.05) is 13.6 Å². The van der Waals surface area contributed by atoms with Crippen LogP contribution in [0.5, 0.6) is 0 Å². The molecule has 5 heteroatoms. The summed E-state index contributed by atoms with van der Waals surface area (Å²) in [5.74, 6) is 0. The van der Waals surface area contributed by atoms with Gasteiger partial charge in [0.25, 0.3) is 0 Å². The highest BCUT2D eigenvalue weighted by Crippen LogP contribution is 2.21. The summed E-state index contributed by atoms with van der Waals surface area (Å²) >= 11 is 0. The summed E-state index contributed by atoms with van der Waals surface area (Å²) in [5.41, 5.74) is 0.689. The Kier molecular flexibility index (Phi) is 4.20. The Balaban J connectivity index is 3.14. The summed E-state index contributed by atoms with van der Waals surface area (Å²) in [6.07, 6.45) is 0. The lowest BCUT2D eigenvalue weighted by Crippen LogP contribution is -2.39. The van der Waals surface area contributed by atoms with Crippen LogP contribution in [-0.4, -0.2) is 37.0 Å². The van der Waals surface area contributed by atoms with Gasteiger partial charge in [-0.15, -0.1) is 0 Å². The minimum Gasteiger partial charge on any atom is -0.389 e. The summed E-state index contributed by atoms with van der Waals surface area (Å²) in [4.78, 5) is 0.292. The Hall–Kier alpha value is -0.910. The van der Waals surface area contributed by atoms with E-state index in [9.17, 15) is 13.5 Å².